The van der Waals surface area contributed by atoms with Crippen molar-refractivity contribution in [2.24, 2.45) is 0 Å². The first-order valence-corrected chi connectivity index (χ1v) is 10.1. The molecular formula is C23H22N6O2. The third kappa shape index (κ3) is 4.12. The van der Waals surface area contributed by atoms with E-state index in [4.69, 9.17) is 5.73 Å². The summed E-state index contributed by atoms with van der Waals surface area (Å²) in [6, 6.07) is 18.8. The number of nitrogens with one attached hydrogen (secondary N) is 2. The minimum atomic E-state index is -0.507. The Labute approximate surface area is 179 Å². The van der Waals surface area contributed by atoms with Crippen LogP contribution in [-0.4, -0.2) is 28.1 Å². The molecule has 0 bridgehead atoms. The molecule has 2 amide bonds. The Balaban J connectivity index is 1.39. The van der Waals surface area contributed by atoms with Crippen LogP contribution in [0.4, 0.5) is 11.5 Å². The minimum Gasteiger partial charge on any atom is -0.382 e. The highest BCUT2D eigenvalue weighted by Crippen LogP contribution is 2.32. The number of rotatable bonds is 6. The third-order valence-electron chi connectivity index (χ3n) is 5.31. The van der Waals surface area contributed by atoms with E-state index in [1.165, 1.54) is 0 Å². The van der Waals surface area contributed by atoms with Gasteiger partial charge in [-0.2, -0.15) is 10.4 Å². The highest BCUT2D eigenvalue weighted by atomic mass is 16.2. The van der Waals surface area contributed by atoms with Crippen LogP contribution in [0, 0.1) is 11.3 Å². The number of hydrogen-bond donors (Lipinski definition) is 3. The average molecular weight is 414 g/mol. The minimum absolute atomic E-state index is 0.124. The number of amides is 2. The molecule has 0 saturated carbocycles. The lowest BCUT2D eigenvalue weighted by Gasteiger charge is -2.24. The molecule has 0 saturated heterocycles. The molecule has 0 spiro atoms. The van der Waals surface area contributed by atoms with Gasteiger partial charge in [-0.25, -0.2) is 4.68 Å². The number of nitrogens with zero attached hydrogens (tertiary/aromatic N) is 3. The van der Waals surface area contributed by atoms with E-state index in [-0.39, 0.29) is 18.2 Å². The quantitative estimate of drug-likeness (QED) is 0.534. The van der Waals surface area contributed by atoms with Gasteiger partial charge in [-0.15, -0.1) is 0 Å². The zero-order chi connectivity index (χ0) is 21.8. The molecule has 0 fully saturated rings. The molecule has 8 heteroatoms. The number of carbonyl (C=O) groups excluding carboxylic acids is 2. The smallest absolute Gasteiger partial charge is 0.228 e. The van der Waals surface area contributed by atoms with Gasteiger partial charge in [0.05, 0.1) is 17.3 Å². The molecule has 1 aliphatic rings. The van der Waals surface area contributed by atoms with Crippen LogP contribution in [0.2, 0.25) is 0 Å². The third-order valence-corrected chi connectivity index (χ3v) is 5.31. The number of carbonyl (C=O) groups is 2. The van der Waals surface area contributed by atoms with E-state index in [1.54, 1.807) is 10.7 Å². The number of fused-ring (bicyclic) bond motifs is 1. The van der Waals surface area contributed by atoms with Crippen LogP contribution in [0.25, 0.3) is 5.69 Å². The maximum Gasteiger partial charge on any atom is 0.228 e. The Morgan fingerprint density at radius 2 is 1.97 bits per heavy atom. The van der Waals surface area contributed by atoms with Crippen LogP contribution in [0.15, 0.2) is 54.6 Å². The van der Waals surface area contributed by atoms with Crippen molar-refractivity contribution in [1.82, 2.24) is 15.1 Å². The summed E-state index contributed by atoms with van der Waals surface area (Å²) in [4.78, 5) is 24.6. The fraction of sp³-hybridized carbons (Fsp3) is 0.217. The highest BCUT2D eigenvalue weighted by molar-refractivity contribution is 6.01. The van der Waals surface area contributed by atoms with Gasteiger partial charge in [-0.3, -0.25) is 9.59 Å². The normalized spacial score (nSPS) is 14.9. The van der Waals surface area contributed by atoms with Gasteiger partial charge < -0.3 is 16.4 Å². The number of nitrogens with two attached hydrogens (primary N) is 1. The monoisotopic (exact) mass is 414 g/mol. The summed E-state index contributed by atoms with van der Waals surface area (Å²) in [5.74, 6) is -0.554. The molecule has 1 aliphatic heterocycles. The van der Waals surface area contributed by atoms with E-state index in [0.717, 1.165) is 11.3 Å². The van der Waals surface area contributed by atoms with Gasteiger partial charge in [0.2, 0.25) is 11.8 Å². The molecule has 3 aromatic rings. The first kappa shape index (κ1) is 20.2. The van der Waals surface area contributed by atoms with Crippen molar-refractivity contribution in [2.75, 3.05) is 17.6 Å². The van der Waals surface area contributed by atoms with Crippen LogP contribution in [0.5, 0.6) is 0 Å². The molecule has 0 aliphatic carbocycles. The Morgan fingerprint density at radius 3 is 2.74 bits per heavy atom. The van der Waals surface area contributed by atoms with Crippen LogP contribution in [-0.2, 0) is 16.0 Å². The number of hydrogen-bond acceptors (Lipinski definition) is 5. The number of benzene rings is 2. The molecular weight excluding hydrogens is 392 g/mol. The maximum absolute atomic E-state index is 12.7. The Kier molecular flexibility index (Phi) is 5.67. The zero-order valence-corrected chi connectivity index (χ0v) is 16.8. The Hall–Kier alpha value is -4.12. The summed E-state index contributed by atoms with van der Waals surface area (Å²) >= 11 is 0. The summed E-state index contributed by atoms with van der Waals surface area (Å²) in [6.07, 6.45) is 1.21. The van der Waals surface area contributed by atoms with Crippen molar-refractivity contribution in [1.29, 1.82) is 5.26 Å². The summed E-state index contributed by atoms with van der Waals surface area (Å²) in [6.45, 7) is 0.405. The van der Waals surface area contributed by atoms with Gasteiger partial charge in [0.1, 0.15) is 17.5 Å². The van der Waals surface area contributed by atoms with Gasteiger partial charge in [0.15, 0.2) is 0 Å². The highest BCUT2D eigenvalue weighted by Gasteiger charge is 2.30. The Bertz CT molecular complexity index is 1160. The predicted molar refractivity (Wildman–Crippen MR) is 116 cm³/mol. The second-order valence-corrected chi connectivity index (χ2v) is 7.35. The van der Waals surface area contributed by atoms with Gasteiger partial charge >= 0.3 is 0 Å². The van der Waals surface area contributed by atoms with Crippen LogP contribution >= 0.6 is 0 Å². The molecule has 1 aromatic heterocycles. The second kappa shape index (κ2) is 8.71. The molecule has 2 aromatic carbocycles. The van der Waals surface area contributed by atoms with Crippen LogP contribution in [0.1, 0.15) is 35.6 Å². The molecule has 8 nitrogen and oxygen atoms in total. The second-order valence-electron chi connectivity index (χ2n) is 7.35. The lowest BCUT2D eigenvalue weighted by molar-refractivity contribution is -0.126. The zero-order valence-electron chi connectivity index (χ0n) is 16.8. The van der Waals surface area contributed by atoms with E-state index >= 15 is 0 Å². The van der Waals surface area contributed by atoms with E-state index < -0.39 is 5.92 Å². The SMILES string of the molecule is N#Cc1c(CCCNC(=O)C2CC(=O)Nc3ccccc32)nn(-c2ccccc2)c1N. The molecule has 31 heavy (non-hydrogen) atoms. The molecule has 0 radical (unpaired) electrons. The number of para-hydroxylation sites is 2. The van der Waals surface area contributed by atoms with Gasteiger partial charge in [-0.1, -0.05) is 36.4 Å². The molecule has 156 valence electrons. The number of aromatic nitrogens is 2. The van der Waals surface area contributed by atoms with E-state index in [9.17, 15) is 14.9 Å². The number of nitriles is 1. The average Bonchev–Trinajstić information content (AvgIpc) is 3.11. The fourth-order valence-corrected chi connectivity index (χ4v) is 3.78. The largest absolute Gasteiger partial charge is 0.382 e. The van der Waals surface area contributed by atoms with Crippen LogP contribution < -0.4 is 16.4 Å². The maximum atomic E-state index is 12.7. The summed E-state index contributed by atoms with van der Waals surface area (Å²) in [7, 11) is 0. The van der Waals surface area contributed by atoms with E-state index in [0.29, 0.717) is 42.1 Å². The molecule has 4 rings (SSSR count). The van der Waals surface area contributed by atoms with E-state index in [2.05, 4.69) is 21.8 Å². The van der Waals surface area contributed by atoms with E-state index in [1.807, 2.05) is 48.5 Å². The summed E-state index contributed by atoms with van der Waals surface area (Å²) in [5, 5.41) is 19.7. The molecule has 2 heterocycles. The molecule has 1 unspecified atom stereocenters. The molecule has 4 N–H and O–H groups in total. The number of anilines is 2. The van der Waals surface area contributed by atoms with Crippen molar-refractivity contribution in [3.63, 3.8) is 0 Å². The van der Waals surface area contributed by atoms with Gasteiger partial charge in [0, 0.05) is 18.7 Å². The van der Waals surface area contributed by atoms with Crippen molar-refractivity contribution in [3.05, 3.63) is 71.4 Å². The van der Waals surface area contributed by atoms with Crippen LogP contribution in [0.3, 0.4) is 0 Å². The standard InChI is InChI=1S/C23H22N6O2/c24-14-18-20(28-29(22(18)25)15-7-2-1-3-8-15)11-6-12-26-23(31)17-13-21(30)27-19-10-5-4-9-16(17)19/h1-5,7-10,17H,6,11-13,25H2,(H,26,31)(H,27,30). The predicted octanol–water partition coefficient (Wildman–Crippen LogP) is 2.50. The first-order chi connectivity index (χ1) is 15.1. The topological polar surface area (TPSA) is 126 Å². The fourth-order valence-electron chi connectivity index (χ4n) is 3.78. The van der Waals surface area contributed by atoms with Crippen molar-refractivity contribution < 1.29 is 9.59 Å². The first-order valence-electron chi connectivity index (χ1n) is 10.1. The van der Waals surface area contributed by atoms with Gasteiger partial charge in [0.25, 0.3) is 0 Å². The summed E-state index contributed by atoms with van der Waals surface area (Å²) < 4.78 is 1.56. The van der Waals surface area contributed by atoms with Gasteiger partial charge in [-0.05, 0) is 36.6 Å². The number of nitrogen functional groups attached to an aromatic ring is 1. The lowest BCUT2D eigenvalue weighted by atomic mass is 9.90. The van der Waals surface area contributed by atoms with Crippen molar-refractivity contribution in [2.45, 2.75) is 25.2 Å². The molecule has 1 atom stereocenters. The number of aryl methyl sites for hydroxylation is 1. The summed E-state index contributed by atoms with van der Waals surface area (Å²) in [5.41, 5.74) is 9.36. The van der Waals surface area contributed by atoms with Crippen molar-refractivity contribution >= 4 is 23.3 Å². The van der Waals surface area contributed by atoms with Crippen molar-refractivity contribution in [3.8, 4) is 11.8 Å². The Morgan fingerprint density at radius 1 is 1.23 bits per heavy atom. The lowest BCUT2D eigenvalue weighted by Crippen LogP contribution is -2.35.